The van der Waals surface area contributed by atoms with Crippen LogP contribution in [-0.2, 0) is 30.8 Å². The van der Waals surface area contributed by atoms with Gasteiger partial charge in [0.2, 0.25) is 0 Å². The zero-order valence-corrected chi connectivity index (χ0v) is 18.2. The van der Waals surface area contributed by atoms with E-state index in [0.717, 1.165) is 12.1 Å². The molecule has 0 unspecified atom stereocenters. The number of esters is 1. The van der Waals surface area contributed by atoms with Gasteiger partial charge in [-0.15, -0.1) is 0 Å². The first-order valence-electron chi connectivity index (χ1n) is 9.37. The molecule has 3 atom stereocenters. The lowest BCUT2D eigenvalue weighted by Crippen LogP contribution is -2.46. The number of nitrogens with one attached hydrogen (secondary N) is 1. The maximum absolute atomic E-state index is 12.6. The maximum Gasteiger partial charge on any atom is 0.534 e. The van der Waals surface area contributed by atoms with Crippen molar-refractivity contribution in [1.82, 2.24) is 5.32 Å². The van der Waals surface area contributed by atoms with Crippen molar-refractivity contribution in [3.63, 3.8) is 0 Å². The molecule has 174 valence electrons. The van der Waals surface area contributed by atoms with Crippen molar-refractivity contribution in [2.45, 2.75) is 63.8 Å². The number of hydrogen-bond donors (Lipinski definition) is 1. The van der Waals surface area contributed by atoms with Gasteiger partial charge in [0.05, 0.1) is 12.0 Å². The highest BCUT2D eigenvalue weighted by Gasteiger charge is 2.48. The lowest BCUT2D eigenvalue weighted by molar-refractivity contribution is -0.144. The van der Waals surface area contributed by atoms with Crippen molar-refractivity contribution in [3.05, 3.63) is 29.8 Å². The van der Waals surface area contributed by atoms with Crippen LogP contribution in [0.5, 0.6) is 5.75 Å². The number of alkyl carbamates (subject to hydrolysis) is 1. The predicted octanol–water partition coefficient (Wildman–Crippen LogP) is 3.30. The number of rotatable bonds is 6. The molecular weight excluding hydrogens is 443 g/mol. The summed E-state index contributed by atoms with van der Waals surface area (Å²) in [5.41, 5.74) is -6.00. The fraction of sp³-hybridized carbons (Fsp3) is 0.579. The van der Waals surface area contributed by atoms with Crippen molar-refractivity contribution in [2.24, 2.45) is 5.92 Å². The molecule has 1 saturated heterocycles. The quantitative estimate of drug-likeness (QED) is 0.389. The van der Waals surface area contributed by atoms with Crippen LogP contribution in [0.3, 0.4) is 0 Å². The molecule has 0 radical (unpaired) electrons. The van der Waals surface area contributed by atoms with Gasteiger partial charge in [-0.05, 0) is 51.3 Å². The van der Waals surface area contributed by atoms with Gasteiger partial charge in [0, 0.05) is 0 Å². The summed E-state index contributed by atoms with van der Waals surface area (Å²) in [6, 6.07) is 4.22. The van der Waals surface area contributed by atoms with Crippen LogP contribution in [0.2, 0.25) is 0 Å². The number of ether oxygens (including phenoxy) is 2. The number of carbonyl (C=O) groups excluding carboxylic acids is 2. The van der Waals surface area contributed by atoms with Crippen molar-refractivity contribution >= 4 is 22.2 Å². The summed E-state index contributed by atoms with van der Waals surface area (Å²) in [5, 5.41) is 2.62. The molecule has 0 saturated carbocycles. The van der Waals surface area contributed by atoms with E-state index in [-0.39, 0.29) is 12.3 Å². The molecule has 1 heterocycles. The summed E-state index contributed by atoms with van der Waals surface area (Å²) < 4.78 is 74.8. The van der Waals surface area contributed by atoms with E-state index in [9.17, 15) is 31.2 Å². The molecule has 0 aromatic heterocycles. The molecule has 1 aliphatic rings. The molecule has 0 spiro atoms. The Morgan fingerprint density at radius 3 is 2.45 bits per heavy atom. The normalized spacial score (nSPS) is 20.7. The molecule has 1 aromatic rings. The molecule has 1 N–H and O–H groups in total. The smallest absolute Gasteiger partial charge is 0.460 e. The Morgan fingerprint density at radius 2 is 1.94 bits per heavy atom. The number of carbonyl (C=O) groups is 2. The van der Waals surface area contributed by atoms with Crippen LogP contribution in [0.15, 0.2) is 24.3 Å². The van der Waals surface area contributed by atoms with Crippen LogP contribution in [0.1, 0.15) is 39.7 Å². The molecule has 12 heteroatoms. The van der Waals surface area contributed by atoms with Crippen molar-refractivity contribution in [3.8, 4) is 5.75 Å². The Balaban J connectivity index is 2.22. The van der Waals surface area contributed by atoms with Crippen LogP contribution >= 0.6 is 0 Å². The predicted molar refractivity (Wildman–Crippen MR) is 103 cm³/mol. The zero-order chi connectivity index (χ0) is 23.6. The Bertz CT molecular complexity index is 925. The minimum absolute atomic E-state index is 0.0210. The van der Waals surface area contributed by atoms with Crippen molar-refractivity contribution in [2.75, 3.05) is 0 Å². The third-order valence-corrected chi connectivity index (χ3v) is 5.23. The second kappa shape index (κ2) is 8.93. The Morgan fingerprint density at radius 1 is 1.29 bits per heavy atom. The van der Waals surface area contributed by atoms with Gasteiger partial charge in [-0.2, -0.15) is 21.6 Å². The SMILES string of the molecule is C[C@@H]1C[C@@H]([C@H](Cc2cccc(OS(=O)(=O)C(F)(F)F)c2)NC(=O)OC(C)(C)C)OC1=O. The third-order valence-electron chi connectivity index (χ3n) is 4.25. The Labute approximate surface area is 178 Å². The van der Waals surface area contributed by atoms with Crippen LogP contribution in [-0.4, -0.2) is 43.7 Å². The number of halogens is 3. The first-order chi connectivity index (χ1) is 14.1. The molecule has 1 aromatic carbocycles. The molecule has 0 bridgehead atoms. The molecule has 1 fully saturated rings. The highest BCUT2D eigenvalue weighted by molar-refractivity contribution is 7.88. The average molecular weight is 467 g/mol. The molecule has 0 aliphatic carbocycles. The lowest BCUT2D eigenvalue weighted by Gasteiger charge is -2.26. The minimum atomic E-state index is -5.82. The molecular formula is C19H24F3NO7S. The average Bonchev–Trinajstić information content (AvgIpc) is 2.90. The summed E-state index contributed by atoms with van der Waals surface area (Å²) in [5.74, 6) is -1.36. The van der Waals surface area contributed by atoms with E-state index in [1.54, 1.807) is 27.7 Å². The lowest BCUT2D eigenvalue weighted by atomic mass is 9.96. The van der Waals surface area contributed by atoms with Crippen LogP contribution in [0.25, 0.3) is 0 Å². The summed E-state index contributed by atoms with van der Waals surface area (Å²) in [6.07, 6.45) is -1.12. The highest BCUT2D eigenvalue weighted by Crippen LogP contribution is 2.29. The van der Waals surface area contributed by atoms with Crippen LogP contribution in [0, 0.1) is 5.92 Å². The van der Waals surface area contributed by atoms with Crippen LogP contribution < -0.4 is 9.50 Å². The molecule has 1 amide bonds. The monoisotopic (exact) mass is 467 g/mol. The number of hydrogen-bond acceptors (Lipinski definition) is 7. The fourth-order valence-corrected chi connectivity index (χ4v) is 3.34. The summed E-state index contributed by atoms with van der Waals surface area (Å²) in [6.45, 7) is 6.67. The van der Waals surface area contributed by atoms with Gasteiger partial charge in [0.25, 0.3) is 0 Å². The van der Waals surface area contributed by atoms with Crippen molar-refractivity contribution in [1.29, 1.82) is 0 Å². The second-order valence-electron chi connectivity index (χ2n) is 8.20. The molecule has 2 rings (SSSR count). The van der Waals surface area contributed by atoms with Crippen LogP contribution in [0.4, 0.5) is 18.0 Å². The van der Waals surface area contributed by atoms with E-state index < -0.39 is 51.2 Å². The number of amides is 1. The Hall–Kier alpha value is -2.50. The Kier molecular flexibility index (Phi) is 7.14. The van der Waals surface area contributed by atoms with E-state index in [1.807, 2.05) is 0 Å². The van der Waals surface area contributed by atoms with E-state index in [0.29, 0.717) is 12.0 Å². The van der Waals surface area contributed by atoms with Gasteiger partial charge in [-0.3, -0.25) is 4.79 Å². The van der Waals surface area contributed by atoms with E-state index in [4.69, 9.17) is 9.47 Å². The first kappa shape index (κ1) is 24.8. The van der Waals surface area contributed by atoms with Gasteiger partial charge in [0.1, 0.15) is 17.5 Å². The summed E-state index contributed by atoms with van der Waals surface area (Å²) in [7, 11) is -5.82. The maximum atomic E-state index is 12.6. The van der Waals surface area contributed by atoms with Gasteiger partial charge in [-0.1, -0.05) is 19.1 Å². The number of benzene rings is 1. The summed E-state index contributed by atoms with van der Waals surface area (Å²) >= 11 is 0. The van der Waals surface area contributed by atoms with Gasteiger partial charge >= 0.3 is 27.7 Å². The first-order valence-corrected chi connectivity index (χ1v) is 10.8. The largest absolute Gasteiger partial charge is 0.534 e. The van der Waals surface area contributed by atoms with Gasteiger partial charge < -0.3 is 19.0 Å². The summed E-state index contributed by atoms with van der Waals surface area (Å²) in [4.78, 5) is 24.0. The molecule has 31 heavy (non-hydrogen) atoms. The molecule has 1 aliphatic heterocycles. The van der Waals surface area contributed by atoms with E-state index >= 15 is 0 Å². The highest BCUT2D eigenvalue weighted by atomic mass is 32.2. The van der Waals surface area contributed by atoms with Gasteiger partial charge in [-0.25, -0.2) is 4.79 Å². The second-order valence-corrected chi connectivity index (χ2v) is 9.74. The van der Waals surface area contributed by atoms with Gasteiger partial charge in [0.15, 0.2) is 0 Å². The standard InChI is InChI=1S/C19H24F3NO7S/c1-11-8-15(28-16(11)24)14(23-17(25)29-18(2,3)4)10-12-6-5-7-13(9-12)30-31(26,27)19(20,21)22/h5-7,9,11,14-15H,8,10H2,1-4H3,(H,23,25)/t11-,14+,15+/m1/s1. The minimum Gasteiger partial charge on any atom is -0.460 e. The topological polar surface area (TPSA) is 108 Å². The van der Waals surface area contributed by atoms with E-state index in [2.05, 4.69) is 9.50 Å². The number of cyclic esters (lactones) is 1. The van der Waals surface area contributed by atoms with Crippen molar-refractivity contribution < 1.29 is 44.8 Å². The number of alkyl halides is 3. The fourth-order valence-electron chi connectivity index (χ4n) is 2.89. The third kappa shape index (κ3) is 7.01. The zero-order valence-electron chi connectivity index (χ0n) is 17.4. The van der Waals surface area contributed by atoms with E-state index in [1.165, 1.54) is 12.1 Å². The molecule has 8 nitrogen and oxygen atoms in total.